The first-order valence-electron chi connectivity index (χ1n) is 10.5. The molecule has 1 fully saturated rings. The quantitative estimate of drug-likeness (QED) is 0.261. The number of ether oxygens (including phenoxy) is 1. The Hall–Kier alpha value is -3.52. The van der Waals surface area contributed by atoms with Crippen LogP contribution in [0.15, 0.2) is 40.1 Å². The van der Waals surface area contributed by atoms with Crippen molar-refractivity contribution < 1.29 is 18.7 Å². The first-order chi connectivity index (χ1) is 16.8. The fraction of sp³-hybridized carbons (Fsp3) is 0.333. The standard InChI is InChI=1S/C21H23FN8O3S2/c1-13(31)23-7-16-9-30(21(32)33-16)15-4-5-18(17(22)6-15)29-8-14(24-12-29)10-34-20-27-26-19(35-20)25-11-28(2)3/h4-6,8,11-12,16H,7,9-10H2,1-3H3,(H,23,31)/b25-11+/t16-/m0/s1. The number of amides is 2. The van der Waals surface area contributed by atoms with E-state index in [4.69, 9.17) is 4.74 Å². The van der Waals surface area contributed by atoms with Gasteiger partial charge in [-0.1, -0.05) is 23.1 Å². The first kappa shape index (κ1) is 24.6. The fourth-order valence-corrected chi connectivity index (χ4v) is 4.73. The van der Waals surface area contributed by atoms with Crippen LogP contribution in [-0.2, 0) is 15.3 Å². The van der Waals surface area contributed by atoms with Crippen molar-refractivity contribution in [2.24, 2.45) is 4.99 Å². The number of carbonyl (C=O) groups excluding carboxylic acids is 2. The summed E-state index contributed by atoms with van der Waals surface area (Å²) in [5, 5.41) is 11.3. The summed E-state index contributed by atoms with van der Waals surface area (Å²) in [7, 11) is 3.75. The summed E-state index contributed by atoms with van der Waals surface area (Å²) in [5.41, 5.74) is 1.42. The molecule has 0 unspecified atom stereocenters. The van der Waals surface area contributed by atoms with Gasteiger partial charge in [-0.15, -0.1) is 10.2 Å². The van der Waals surface area contributed by atoms with E-state index < -0.39 is 18.0 Å². The first-order valence-corrected chi connectivity index (χ1v) is 12.3. The van der Waals surface area contributed by atoms with Crippen molar-refractivity contribution in [3.8, 4) is 5.69 Å². The van der Waals surface area contributed by atoms with Gasteiger partial charge in [-0.05, 0) is 18.2 Å². The van der Waals surface area contributed by atoms with Crippen molar-refractivity contribution in [1.29, 1.82) is 0 Å². The molecule has 4 rings (SSSR count). The highest BCUT2D eigenvalue weighted by atomic mass is 32.2. The predicted octanol–water partition coefficient (Wildman–Crippen LogP) is 2.84. The van der Waals surface area contributed by atoms with Crippen LogP contribution in [0.4, 0.5) is 20.0 Å². The number of hydrogen-bond acceptors (Lipinski definition) is 9. The van der Waals surface area contributed by atoms with Crippen LogP contribution in [0.2, 0.25) is 0 Å². The molecule has 0 spiro atoms. The number of nitrogens with one attached hydrogen (secondary N) is 1. The molecule has 3 heterocycles. The van der Waals surface area contributed by atoms with Crippen LogP contribution in [0.5, 0.6) is 0 Å². The summed E-state index contributed by atoms with van der Waals surface area (Å²) in [5.74, 6) is -0.187. The summed E-state index contributed by atoms with van der Waals surface area (Å²) >= 11 is 2.85. The van der Waals surface area contributed by atoms with E-state index >= 15 is 0 Å². The number of hydrogen-bond donors (Lipinski definition) is 1. The molecule has 0 aliphatic carbocycles. The molecule has 35 heavy (non-hydrogen) atoms. The van der Waals surface area contributed by atoms with Crippen LogP contribution in [0.3, 0.4) is 0 Å². The van der Waals surface area contributed by atoms with Crippen LogP contribution in [0.1, 0.15) is 12.6 Å². The number of halogens is 1. The molecule has 1 N–H and O–H groups in total. The van der Waals surface area contributed by atoms with Gasteiger partial charge in [0.25, 0.3) is 0 Å². The second-order valence-corrected chi connectivity index (χ2v) is 9.99. The minimum Gasteiger partial charge on any atom is -0.442 e. The highest BCUT2D eigenvalue weighted by Crippen LogP contribution is 2.30. The lowest BCUT2D eigenvalue weighted by atomic mass is 10.2. The molecule has 184 valence electrons. The Bertz CT molecular complexity index is 1240. The maximum Gasteiger partial charge on any atom is 0.414 e. The van der Waals surface area contributed by atoms with Gasteiger partial charge in [0.1, 0.15) is 11.9 Å². The molecule has 1 aliphatic rings. The van der Waals surface area contributed by atoms with Crippen molar-refractivity contribution in [2.75, 3.05) is 32.1 Å². The SMILES string of the molecule is CC(=O)NC[C@H]1CN(c2ccc(-n3cnc(CSc4nnc(/N=C/N(C)C)s4)c3)c(F)c2)C(=O)O1. The predicted molar refractivity (Wildman–Crippen MR) is 131 cm³/mol. The molecule has 2 amide bonds. The number of cyclic esters (lactones) is 1. The van der Waals surface area contributed by atoms with E-state index in [0.29, 0.717) is 22.3 Å². The van der Waals surface area contributed by atoms with Gasteiger partial charge >= 0.3 is 6.09 Å². The second-order valence-electron chi connectivity index (χ2n) is 7.81. The maximum atomic E-state index is 14.9. The summed E-state index contributed by atoms with van der Waals surface area (Å²) in [6.45, 7) is 1.81. The normalized spacial score (nSPS) is 15.6. The van der Waals surface area contributed by atoms with Gasteiger partial charge in [-0.25, -0.2) is 19.2 Å². The minimum absolute atomic E-state index is 0.204. The number of rotatable bonds is 9. The number of aliphatic imine (C=N–C) groups is 1. The summed E-state index contributed by atoms with van der Waals surface area (Å²) in [6.07, 6.45) is 3.86. The average Bonchev–Trinajstić information content (AvgIpc) is 3.54. The van der Waals surface area contributed by atoms with E-state index in [2.05, 4.69) is 25.5 Å². The molecule has 14 heteroatoms. The third-order valence-corrected chi connectivity index (χ3v) is 6.75. The zero-order chi connectivity index (χ0) is 24.9. The van der Waals surface area contributed by atoms with Gasteiger partial charge in [-0.2, -0.15) is 0 Å². The molecule has 1 saturated heterocycles. The number of thioether (sulfide) groups is 1. The zero-order valence-corrected chi connectivity index (χ0v) is 20.8. The molecular weight excluding hydrogens is 495 g/mol. The van der Waals surface area contributed by atoms with Gasteiger partial charge in [0, 0.05) is 33.0 Å². The van der Waals surface area contributed by atoms with Crippen LogP contribution in [-0.4, -0.2) is 76.3 Å². The van der Waals surface area contributed by atoms with Gasteiger partial charge in [-0.3, -0.25) is 9.69 Å². The molecular formula is C21H23FN8O3S2. The highest BCUT2D eigenvalue weighted by molar-refractivity contribution is 8.00. The van der Waals surface area contributed by atoms with E-state index in [9.17, 15) is 14.0 Å². The number of aromatic nitrogens is 4. The molecule has 1 aliphatic heterocycles. The Balaban J connectivity index is 1.38. The van der Waals surface area contributed by atoms with E-state index in [-0.39, 0.29) is 19.0 Å². The summed E-state index contributed by atoms with van der Waals surface area (Å²) in [4.78, 5) is 35.0. The largest absolute Gasteiger partial charge is 0.442 e. The smallest absolute Gasteiger partial charge is 0.414 e. The van der Waals surface area contributed by atoms with E-state index in [1.165, 1.54) is 47.3 Å². The van der Waals surface area contributed by atoms with Gasteiger partial charge in [0.15, 0.2) is 4.34 Å². The molecule has 11 nitrogen and oxygen atoms in total. The van der Waals surface area contributed by atoms with Crippen LogP contribution in [0.25, 0.3) is 5.69 Å². The van der Waals surface area contributed by atoms with Crippen molar-refractivity contribution in [3.63, 3.8) is 0 Å². The molecule has 1 atom stereocenters. The molecule has 3 aromatic rings. The number of imidazole rings is 1. The third kappa shape index (κ3) is 6.33. The van der Waals surface area contributed by atoms with Crippen LogP contribution >= 0.6 is 23.1 Å². The topological polar surface area (TPSA) is 118 Å². The number of nitrogens with zero attached hydrogens (tertiary/aromatic N) is 7. The third-order valence-electron chi connectivity index (χ3n) is 4.75. The van der Waals surface area contributed by atoms with Crippen LogP contribution in [0, 0.1) is 5.82 Å². The Labute approximate surface area is 209 Å². The Morgan fingerprint density at radius 2 is 2.26 bits per heavy atom. The molecule has 0 saturated carbocycles. The summed E-state index contributed by atoms with van der Waals surface area (Å²) < 4.78 is 22.5. The number of benzene rings is 1. The molecule has 0 radical (unpaired) electrons. The van der Waals surface area contributed by atoms with Gasteiger partial charge in [0.05, 0.1) is 42.8 Å². The van der Waals surface area contributed by atoms with Crippen molar-refractivity contribution in [3.05, 3.63) is 42.2 Å². The van der Waals surface area contributed by atoms with E-state index in [1.807, 2.05) is 19.0 Å². The molecule has 1 aromatic carbocycles. The lowest BCUT2D eigenvalue weighted by Gasteiger charge is -2.14. The Kier molecular flexibility index (Phi) is 7.60. The number of anilines is 1. The Morgan fingerprint density at radius 1 is 1.43 bits per heavy atom. The lowest BCUT2D eigenvalue weighted by molar-refractivity contribution is -0.119. The van der Waals surface area contributed by atoms with Crippen molar-refractivity contribution in [2.45, 2.75) is 23.1 Å². The monoisotopic (exact) mass is 518 g/mol. The second kappa shape index (κ2) is 10.8. The van der Waals surface area contributed by atoms with E-state index in [1.54, 1.807) is 29.2 Å². The van der Waals surface area contributed by atoms with Gasteiger partial charge < -0.3 is 19.5 Å². The lowest BCUT2D eigenvalue weighted by Crippen LogP contribution is -2.33. The van der Waals surface area contributed by atoms with Crippen molar-refractivity contribution in [1.82, 2.24) is 30.0 Å². The zero-order valence-electron chi connectivity index (χ0n) is 19.2. The molecule has 2 aromatic heterocycles. The average molecular weight is 519 g/mol. The Morgan fingerprint density at radius 3 is 3.00 bits per heavy atom. The number of carbonyl (C=O) groups is 2. The molecule has 0 bridgehead atoms. The maximum absolute atomic E-state index is 14.9. The van der Waals surface area contributed by atoms with E-state index in [0.717, 1.165) is 10.0 Å². The summed E-state index contributed by atoms with van der Waals surface area (Å²) in [6, 6.07) is 4.51. The van der Waals surface area contributed by atoms with Gasteiger partial charge in [0.2, 0.25) is 11.0 Å². The highest BCUT2D eigenvalue weighted by Gasteiger charge is 2.32. The fourth-order valence-electron chi connectivity index (χ4n) is 3.15. The van der Waals surface area contributed by atoms with Crippen molar-refractivity contribution >= 4 is 52.3 Å². The minimum atomic E-state index is -0.582. The van der Waals surface area contributed by atoms with Crippen LogP contribution < -0.4 is 10.2 Å².